The summed E-state index contributed by atoms with van der Waals surface area (Å²) in [6.07, 6.45) is 1.34. The van der Waals surface area contributed by atoms with E-state index in [0.29, 0.717) is 38.6 Å². The van der Waals surface area contributed by atoms with Gasteiger partial charge in [-0.15, -0.1) is 10.2 Å². The Balaban J connectivity index is 1.82. The standard InChI is InChI=1S/C16H26N4O3S2/c1-5-23-14(22)12-6-8-20(9-7-12)13(21)11(4)24-16-19-18-15(25-16)17-10(2)3/h10-12H,5-9H2,1-4H3,(H,17,18)/t11-/m0/s1. The smallest absolute Gasteiger partial charge is 0.309 e. The lowest BCUT2D eigenvalue weighted by Gasteiger charge is -2.32. The fourth-order valence-corrected chi connectivity index (χ4v) is 4.74. The molecular weight excluding hydrogens is 360 g/mol. The number of nitrogens with zero attached hydrogens (tertiary/aromatic N) is 3. The van der Waals surface area contributed by atoms with Gasteiger partial charge in [-0.2, -0.15) is 0 Å². The molecule has 1 amide bonds. The Labute approximate surface area is 156 Å². The molecule has 1 aromatic rings. The van der Waals surface area contributed by atoms with Crippen molar-refractivity contribution in [1.29, 1.82) is 0 Å². The third-order valence-corrected chi connectivity index (χ3v) is 5.90. The van der Waals surface area contributed by atoms with E-state index < -0.39 is 0 Å². The first-order chi connectivity index (χ1) is 11.9. The summed E-state index contributed by atoms with van der Waals surface area (Å²) in [7, 11) is 0. The second-order valence-electron chi connectivity index (χ2n) is 6.28. The molecule has 0 spiro atoms. The number of amides is 1. The van der Waals surface area contributed by atoms with Gasteiger partial charge in [-0.3, -0.25) is 9.59 Å². The highest BCUT2D eigenvalue weighted by Gasteiger charge is 2.30. The summed E-state index contributed by atoms with van der Waals surface area (Å²) in [5.41, 5.74) is 0. The lowest BCUT2D eigenvalue weighted by molar-refractivity contribution is -0.151. The molecule has 1 atom stereocenters. The van der Waals surface area contributed by atoms with E-state index in [1.165, 1.54) is 23.1 Å². The highest BCUT2D eigenvalue weighted by molar-refractivity contribution is 8.02. The van der Waals surface area contributed by atoms with E-state index in [1.807, 2.05) is 32.6 Å². The van der Waals surface area contributed by atoms with Gasteiger partial charge >= 0.3 is 5.97 Å². The van der Waals surface area contributed by atoms with Gasteiger partial charge < -0.3 is 15.0 Å². The Kier molecular flexibility index (Phi) is 7.49. The lowest BCUT2D eigenvalue weighted by atomic mass is 9.97. The van der Waals surface area contributed by atoms with Crippen LogP contribution in [0.5, 0.6) is 0 Å². The SMILES string of the molecule is CCOC(=O)C1CCN(C(=O)[C@H](C)Sc2nnc(NC(C)C)s2)CC1. The van der Waals surface area contributed by atoms with Crippen LogP contribution in [-0.4, -0.2) is 58.0 Å². The molecule has 1 fully saturated rings. The molecule has 1 saturated heterocycles. The van der Waals surface area contributed by atoms with Crippen LogP contribution in [-0.2, 0) is 14.3 Å². The van der Waals surface area contributed by atoms with Crippen LogP contribution < -0.4 is 5.32 Å². The second kappa shape index (κ2) is 9.38. The van der Waals surface area contributed by atoms with E-state index in [9.17, 15) is 9.59 Å². The molecule has 1 aliphatic heterocycles. The molecule has 1 aromatic heterocycles. The summed E-state index contributed by atoms with van der Waals surface area (Å²) >= 11 is 2.89. The van der Waals surface area contributed by atoms with Gasteiger partial charge in [-0.25, -0.2) is 0 Å². The topological polar surface area (TPSA) is 84.4 Å². The van der Waals surface area contributed by atoms with Gasteiger partial charge in [0.05, 0.1) is 17.8 Å². The van der Waals surface area contributed by atoms with Crippen LogP contribution in [0.2, 0.25) is 0 Å². The maximum atomic E-state index is 12.6. The maximum Gasteiger partial charge on any atom is 0.309 e. The average Bonchev–Trinajstić information content (AvgIpc) is 3.00. The summed E-state index contributed by atoms with van der Waals surface area (Å²) < 4.78 is 5.85. The molecule has 1 N–H and O–H groups in total. The van der Waals surface area contributed by atoms with E-state index in [2.05, 4.69) is 15.5 Å². The second-order valence-corrected chi connectivity index (χ2v) is 8.85. The van der Waals surface area contributed by atoms with Crippen LogP contribution in [0.3, 0.4) is 0 Å². The number of ether oxygens (including phenoxy) is 1. The van der Waals surface area contributed by atoms with Crippen molar-refractivity contribution in [3.8, 4) is 0 Å². The van der Waals surface area contributed by atoms with Crippen LogP contribution >= 0.6 is 23.1 Å². The summed E-state index contributed by atoms with van der Waals surface area (Å²) in [4.78, 5) is 26.2. The number of nitrogens with one attached hydrogen (secondary N) is 1. The zero-order chi connectivity index (χ0) is 18.4. The Morgan fingerprint density at radius 3 is 2.60 bits per heavy atom. The molecule has 0 saturated carbocycles. The first-order valence-electron chi connectivity index (χ1n) is 8.62. The van der Waals surface area contributed by atoms with Crippen LogP contribution in [0.15, 0.2) is 4.34 Å². The molecule has 0 radical (unpaired) electrons. The summed E-state index contributed by atoms with van der Waals surface area (Å²) in [5.74, 6) is -0.142. The minimum atomic E-state index is -0.223. The number of likely N-dealkylation sites (tertiary alicyclic amines) is 1. The molecule has 7 nitrogen and oxygen atoms in total. The van der Waals surface area contributed by atoms with E-state index in [-0.39, 0.29) is 23.0 Å². The zero-order valence-electron chi connectivity index (χ0n) is 15.2. The molecule has 2 heterocycles. The number of aromatic nitrogens is 2. The highest BCUT2D eigenvalue weighted by Crippen LogP contribution is 2.30. The molecule has 140 valence electrons. The van der Waals surface area contributed by atoms with Crippen LogP contribution in [0.1, 0.15) is 40.5 Å². The van der Waals surface area contributed by atoms with Gasteiger partial charge in [0.2, 0.25) is 11.0 Å². The maximum absolute atomic E-state index is 12.6. The van der Waals surface area contributed by atoms with Crippen LogP contribution in [0.4, 0.5) is 5.13 Å². The van der Waals surface area contributed by atoms with Crippen LogP contribution in [0, 0.1) is 5.92 Å². The van der Waals surface area contributed by atoms with Gasteiger partial charge in [0.25, 0.3) is 0 Å². The fraction of sp³-hybridized carbons (Fsp3) is 0.750. The number of carbonyl (C=O) groups excluding carboxylic acids is 2. The number of anilines is 1. The lowest BCUT2D eigenvalue weighted by Crippen LogP contribution is -2.43. The molecule has 0 aliphatic carbocycles. The third kappa shape index (κ3) is 5.85. The van der Waals surface area contributed by atoms with Crippen LogP contribution in [0.25, 0.3) is 0 Å². The number of thioether (sulfide) groups is 1. The first kappa shape index (κ1) is 20.0. The van der Waals surface area contributed by atoms with Crippen molar-refractivity contribution in [3.05, 3.63) is 0 Å². The van der Waals surface area contributed by atoms with Crippen molar-refractivity contribution in [3.63, 3.8) is 0 Å². The van der Waals surface area contributed by atoms with Crippen molar-refractivity contribution in [2.45, 2.75) is 56.2 Å². The number of hydrogen-bond donors (Lipinski definition) is 1. The third-order valence-electron chi connectivity index (χ3n) is 3.87. The molecule has 0 aromatic carbocycles. The normalized spacial score (nSPS) is 16.8. The monoisotopic (exact) mass is 386 g/mol. The van der Waals surface area contributed by atoms with Crippen molar-refractivity contribution in [2.75, 3.05) is 25.0 Å². The van der Waals surface area contributed by atoms with Gasteiger partial charge in [0, 0.05) is 19.1 Å². The Bertz CT molecular complexity index is 586. The molecule has 2 rings (SSSR count). The van der Waals surface area contributed by atoms with Gasteiger partial charge in [0.15, 0.2) is 4.34 Å². The Hall–Kier alpha value is -1.35. The first-order valence-corrected chi connectivity index (χ1v) is 10.3. The number of esters is 1. The summed E-state index contributed by atoms with van der Waals surface area (Å²) in [5, 5.41) is 12.0. The molecule has 9 heteroatoms. The van der Waals surface area contributed by atoms with Gasteiger partial charge in [0.1, 0.15) is 0 Å². The summed E-state index contributed by atoms with van der Waals surface area (Å²) in [6, 6.07) is 0.297. The van der Waals surface area contributed by atoms with Crippen molar-refractivity contribution >= 4 is 40.1 Å². The minimum Gasteiger partial charge on any atom is -0.466 e. The zero-order valence-corrected chi connectivity index (χ0v) is 16.8. The number of piperidine rings is 1. The molecule has 0 bridgehead atoms. The molecule has 0 unspecified atom stereocenters. The number of hydrogen-bond acceptors (Lipinski definition) is 8. The molecular formula is C16H26N4O3S2. The summed E-state index contributed by atoms with van der Waals surface area (Å²) in [6.45, 7) is 9.39. The average molecular weight is 387 g/mol. The number of carbonyl (C=O) groups is 2. The minimum absolute atomic E-state index is 0.0835. The molecule has 25 heavy (non-hydrogen) atoms. The van der Waals surface area contributed by atoms with Crippen molar-refractivity contribution in [2.24, 2.45) is 5.92 Å². The quantitative estimate of drug-likeness (QED) is 0.569. The van der Waals surface area contributed by atoms with E-state index in [1.54, 1.807) is 0 Å². The predicted octanol–water partition coefficient (Wildman–Crippen LogP) is 2.64. The fourth-order valence-electron chi connectivity index (χ4n) is 2.62. The van der Waals surface area contributed by atoms with E-state index in [4.69, 9.17) is 4.74 Å². The van der Waals surface area contributed by atoms with E-state index in [0.717, 1.165) is 9.47 Å². The Morgan fingerprint density at radius 2 is 2.00 bits per heavy atom. The van der Waals surface area contributed by atoms with Gasteiger partial charge in [-0.1, -0.05) is 23.1 Å². The van der Waals surface area contributed by atoms with Crippen molar-refractivity contribution < 1.29 is 14.3 Å². The van der Waals surface area contributed by atoms with E-state index >= 15 is 0 Å². The predicted molar refractivity (Wildman–Crippen MR) is 99.9 cm³/mol. The van der Waals surface area contributed by atoms with Gasteiger partial charge in [-0.05, 0) is 40.5 Å². The van der Waals surface area contributed by atoms with Crippen molar-refractivity contribution in [1.82, 2.24) is 15.1 Å². The Morgan fingerprint density at radius 1 is 1.32 bits per heavy atom. The molecule has 1 aliphatic rings. The highest BCUT2D eigenvalue weighted by atomic mass is 32.2. The number of rotatable bonds is 7. The largest absolute Gasteiger partial charge is 0.466 e.